The summed E-state index contributed by atoms with van der Waals surface area (Å²) in [6, 6.07) is 0. The molecule has 0 bridgehead atoms. The molecule has 4 nitrogen and oxygen atoms in total. The van der Waals surface area contributed by atoms with Crippen molar-refractivity contribution >= 4 is 5.69 Å². The minimum atomic E-state index is 0.371. The number of nitrogens with one attached hydrogen (secondary N) is 2. The molecule has 0 saturated heterocycles. The maximum atomic E-state index is 4.63. The summed E-state index contributed by atoms with van der Waals surface area (Å²) in [5.41, 5.74) is 2.11. The van der Waals surface area contributed by atoms with Crippen LogP contribution in [0.5, 0.6) is 0 Å². The van der Waals surface area contributed by atoms with Gasteiger partial charge in [0.2, 0.25) is 0 Å². The molecule has 0 aliphatic rings. The van der Waals surface area contributed by atoms with Crippen LogP contribution >= 0.6 is 0 Å². The molecule has 17 heavy (non-hydrogen) atoms. The molecule has 0 radical (unpaired) electrons. The van der Waals surface area contributed by atoms with E-state index >= 15 is 0 Å². The zero-order valence-corrected chi connectivity index (χ0v) is 11.4. The van der Waals surface area contributed by atoms with E-state index in [0.717, 1.165) is 43.3 Å². The zero-order chi connectivity index (χ0) is 12.7. The standard InChI is InChI=1S/C13H24N4/c1-5-7-14-8-12-11(15-6-2)9-16-13(17-12)10(3)4/h9-10,14-15H,5-8H2,1-4H3. The predicted octanol–water partition coefficient (Wildman–Crippen LogP) is 2.53. The van der Waals surface area contributed by atoms with Gasteiger partial charge in [0.15, 0.2) is 0 Å². The lowest BCUT2D eigenvalue weighted by Crippen LogP contribution is -2.18. The van der Waals surface area contributed by atoms with Crippen LogP contribution in [0, 0.1) is 0 Å². The minimum absolute atomic E-state index is 0.371. The average Bonchev–Trinajstić information content (AvgIpc) is 2.31. The smallest absolute Gasteiger partial charge is 0.131 e. The molecule has 96 valence electrons. The highest BCUT2D eigenvalue weighted by Gasteiger charge is 2.08. The SMILES string of the molecule is CCCNCc1nc(C(C)C)ncc1NCC. The second kappa shape index (κ2) is 7.22. The van der Waals surface area contributed by atoms with Crippen molar-refractivity contribution in [1.29, 1.82) is 0 Å². The first-order valence-electron chi connectivity index (χ1n) is 6.49. The van der Waals surface area contributed by atoms with E-state index in [4.69, 9.17) is 0 Å². The molecule has 1 aromatic heterocycles. The van der Waals surface area contributed by atoms with Crippen molar-refractivity contribution in [2.24, 2.45) is 0 Å². The summed E-state index contributed by atoms with van der Waals surface area (Å²) in [5.74, 6) is 1.29. The van der Waals surface area contributed by atoms with E-state index in [0.29, 0.717) is 5.92 Å². The molecule has 0 aliphatic heterocycles. The van der Waals surface area contributed by atoms with Crippen LogP contribution in [0.2, 0.25) is 0 Å². The van der Waals surface area contributed by atoms with Crippen LogP contribution < -0.4 is 10.6 Å². The Morgan fingerprint density at radius 1 is 1.29 bits per heavy atom. The summed E-state index contributed by atoms with van der Waals surface area (Å²) in [6.45, 7) is 11.2. The molecule has 0 aromatic carbocycles. The predicted molar refractivity (Wildman–Crippen MR) is 72.3 cm³/mol. The highest BCUT2D eigenvalue weighted by atomic mass is 15.0. The summed E-state index contributed by atoms with van der Waals surface area (Å²) < 4.78 is 0. The van der Waals surface area contributed by atoms with Gasteiger partial charge in [-0.25, -0.2) is 9.97 Å². The van der Waals surface area contributed by atoms with Crippen LogP contribution in [0.15, 0.2) is 6.20 Å². The Balaban J connectivity index is 2.82. The first kappa shape index (κ1) is 13.9. The van der Waals surface area contributed by atoms with Crippen LogP contribution in [0.25, 0.3) is 0 Å². The van der Waals surface area contributed by atoms with E-state index in [1.54, 1.807) is 0 Å². The van der Waals surface area contributed by atoms with E-state index in [9.17, 15) is 0 Å². The molecule has 1 rings (SSSR count). The van der Waals surface area contributed by atoms with Gasteiger partial charge in [0.05, 0.1) is 17.6 Å². The Kier molecular flexibility index (Phi) is 5.91. The van der Waals surface area contributed by atoms with Gasteiger partial charge in [-0.05, 0) is 19.9 Å². The molecule has 0 atom stereocenters. The number of anilines is 1. The lowest BCUT2D eigenvalue weighted by molar-refractivity contribution is 0.653. The Bertz CT molecular complexity index is 336. The molecule has 0 spiro atoms. The third-order valence-corrected chi connectivity index (χ3v) is 2.49. The third-order valence-electron chi connectivity index (χ3n) is 2.49. The van der Waals surface area contributed by atoms with Gasteiger partial charge in [-0.15, -0.1) is 0 Å². The van der Waals surface area contributed by atoms with Crippen LogP contribution in [0.1, 0.15) is 51.6 Å². The van der Waals surface area contributed by atoms with E-state index in [-0.39, 0.29) is 0 Å². The summed E-state index contributed by atoms with van der Waals surface area (Å²) in [6.07, 6.45) is 3.04. The second-order valence-corrected chi connectivity index (χ2v) is 4.45. The number of aromatic nitrogens is 2. The third kappa shape index (κ3) is 4.30. The van der Waals surface area contributed by atoms with E-state index in [1.807, 2.05) is 6.20 Å². The maximum absolute atomic E-state index is 4.63. The van der Waals surface area contributed by atoms with E-state index < -0.39 is 0 Å². The van der Waals surface area contributed by atoms with Crippen molar-refractivity contribution in [2.45, 2.75) is 46.6 Å². The van der Waals surface area contributed by atoms with Gasteiger partial charge in [-0.3, -0.25) is 0 Å². The fourth-order valence-corrected chi connectivity index (χ4v) is 1.57. The van der Waals surface area contributed by atoms with Crippen LogP contribution in [-0.4, -0.2) is 23.1 Å². The molecule has 1 heterocycles. The molecule has 0 aliphatic carbocycles. The topological polar surface area (TPSA) is 49.8 Å². The molecule has 4 heteroatoms. The monoisotopic (exact) mass is 236 g/mol. The lowest BCUT2D eigenvalue weighted by atomic mass is 10.2. The van der Waals surface area contributed by atoms with Gasteiger partial charge < -0.3 is 10.6 Å². The van der Waals surface area contributed by atoms with Crippen molar-refractivity contribution in [3.8, 4) is 0 Å². The van der Waals surface area contributed by atoms with Crippen molar-refractivity contribution in [3.05, 3.63) is 17.7 Å². The molecule has 1 aromatic rings. The zero-order valence-electron chi connectivity index (χ0n) is 11.4. The fraction of sp³-hybridized carbons (Fsp3) is 0.692. The fourth-order valence-electron chi connectivity index (χ4n) is 1.57. The summed E-state index contributed by atoms with van der Waals surface area (Å²) in [7, 11) is 0. The Morgan fingerprint density at radius 3 is 2.65 bits per heavy atom. The lowest BCUT2D eigenvalue weighted by Gasteiger charge is -2.13. The van der Waals surface area contributed by atoms with Gasteiger partial charge in [-0.1, -0.05) is 20.8 Å². The molecule has 0 saturated carbocycles. The first-order valence-corrected chi connectivity index (χ1v) is 6.49. The number of hydrogen-bond acceptors (Lipinski definition) is 4. The van der Waals surface area contributed by atoms with Crippen LogP contribution in [0.3, 0.4) is 0 Å². The van der Waals surface area contributed by atoms with Gasteiger partial charge >= 0.3 is 0 Å². The van der Waals surface area contributed by atoms with E-state index in [1.165, 1.54) is 0 Å². The van der Waals surface area contributed by atoms with Crippen molar-refractivity contribution in [1.82, 2.24) is 15.3 Å². The van der Waals surface area contributed by atoms with Crippen molar-refractivity contribution in [2.75, 3.05) is 18.4 Å². The quantitative estimate of drug-likeness (QED) is 0.714. The van der Waals surface area contributed by atoms with Crippen molar-refractivity contribution in [3.63, 3.8) is 0 Å². The summed E-state index contributed by atoms with van der Waals surface area (Å²) in [5, 5.41) is 6.69. The number of hydrogen-bond donors (Lipinski definition) is 2. The Labute approximate surface area is 104 Å². The van der Waals surface area contributed by atoms with Crippen LogP contribution in [0.4, 0.5) is 5.69 Å². The van der Waals surface area contributed by atoms with Crippen molar-refractivity contribution < 1.29 is 0 Å². The van der Waals surface area contributed by atoms with Gasteiger partial charge in [0, 0.05) is 19.0 Å². The van der Waals surface area contributed by atoms with Gasteiger partial charge in [0.1, 0.15) is 5.82 Å². The Hall–Kier alpha value is -1.16. The van der Waals surface area contributed by atoms with Crippen LogP contribution in [-0.2, 0) is 6.54 Å². The molecular formula is C13H24N4. The molecule has 0 fully saturated rings. The minimum Gasteiger partial charge on any atom is -0.383 e. The first-order chi connectivity index (χ1) is 8.19. The second-order valence-electron chi connectivity index (χ2n) is 4.45. The molecule has 0 unspecified atom stereocenters. The summed E-state index contributed by atoms with van der Waals surface area (Å²) >= 11 is 0. The normalized spacial score (nSPS) is 10.9. The van der Waals surface area contributed by atoms with Gasteiger partial charge in [-0.2, -0.15) is 0 Å². The Morgan fingerprint density at radius 2 is 2.06 bits per heavy atom. The number of nitrogens with zero attached hydrogens (tertiary/aromatic N) is 2. The molecular weight excluding hydrogens is 212 g/mol. The number of rotatable bonds is 7. The highest BCUT2D eigenvalue weighted by Crippen LogP contribution is 2.15. The van der Waals surface area contributed by atoms with E-state index in [2.05, 4.69) is 48.3 Å². The largest absolute Gasteiger partial charge is 0.383 e. The highest BCUT2D eigenvalue weighted by molar-refractivity contribution is 5.45. The average molecular weight is 236 g/mol. The maximum Gasteiger partial charge on any atom is 0.131 e. The molecule has 0 amide bonds. The summed E-state index contributed by atoms with van der Waals surface area (Å²) in [4.78, 5) is 9.01. The molecule has 2 N–H and O–H groups in total. The van der Waals surface area contributed by atoms with Gasteiger partial charge in [0.25, 0.3) is 0 Å².